The molecule has 1 amide bonds. The summed E-state index contributed by atoms with van der Waals surface area (Å²) in [5.74, 6) is -1.34. The highest BCUT2D eigenvalue weighted by Gasteiger charge is 2.33. The zero-order valence-corrected chi connectivity index (χ0v) is 9.61. The Labute approximate surface area is 95.1 Å². The minimum atomic E-state index is -1.85. The van der Waals surface area contributed by atoms with E-state index in [0.717, 1.165) is 25.7 Å². The van der Waals surface area contributed by atoms with E-state index >= 15 is 0 Å². The van der Waals surface area contributed by atoms with Gasteiger partial charge in [-0.3, -0.25) is 4.79 Å². The third-order valence-corrected chi connectivity index (χ3v) is 2.88. The molecule has 16 heavy (non-hydrogen) atoms. The lowest BCUT2D eigenvalue weighted by atomic mass is 10.0. The van der Waals surface area contributed by atoms with Crippen LogP contribution in [0.2, 0.25) is 0 Å². The molecule has 1 aliphatic heterocycles. The zero-order valence-electron chi connectivity index (χ0n) is 9.61. The summed E-state index contributed by atoms with van der Waals surface area (Å²) in [7, 11) is 0. The number of hydrogen-bond donors (Lipinski definition) is 2. The summed E-state index contributed by atoms with van der Waals surface area (Å²) in [6, 6.07) is 0. The van der Waals surface area contributed by atoms with Crippen molar-refractivity contribution in [3.05, 3.63) is 0 Å². The standard InChI is InChI=1S/C11H19NO4/c1-11(16,10(14)15)8-12-7-5-3-2-4-6-9(12)13/h16H,2-8H2,1H3,(H,14,15). The van der Waals surface area contributed by atoms with Crippen molar-refractivity contribution in [3.63, 3.8) is 0 Å². The molecule has 0 aromatic heterocycles. The van der Waals surface area contributed by atoms with Gasteiger partial charge in [0.05, 0.1) is 6.54 Å². The lowest BCUT2D eigenvalue weighted by Crippen LogP contribution is -2.49. The SMILES string of the molecule is CC(O)(CN1CCCCCCC1=O)C(=O)O. The number of carbonyl (C=O) groups excluding carboxylic acids is 1. The lowest BCUT2D eigenvalue weighted by molar-refractivity contribution is -0.160. The van der Waals surface area contributed by atoms with Crippen molar-refractivity contribution in [3.8, 4) is 0 Å². The highest BCUT2D eigenvalue weighted by molar-refractivity contribution is 5.80. The third-order valence-electron chi connectivity index (χ3n) is 2.88. The van der Waals surface area contributed by atoms with Gasteiger partial charge in [0.25, 0.3) is 0 Å². The molecule has 2 N–H and O–H groups in total. The van der Waals surface area contributed by atoms with Crippen LogP contribution in [0.1, 0.15) is 39.0 Å². The summed E-state index contributed by atoms with van der Waals surface area (Å²) in [4.78, 5) is 23.9. The smallest absolute Gasteiger partial charge is 0.337 e. The van der Waals surface area contributed by atoms with Gasteiger partial charge in [-0.2, -0.15) is 0 Å². The van der Waals surface area contributed by atoms with Crippen LogP contribution in [0.3, 0.4) is 0 Å². The quantitative estimate of drug-likeness (QED) is 0.743. The molecular formula is C11H19NO4. The second kappa shape index (κ2) is 5.30. The molecule has 1 rings (SSSR count). The first-order valence-corrected chi connectivity index (χ1v) is 5.67. The van der Waals surface area contributed by atoms with Crippen LogP contribution >= 0.6 is 0 Å². The molecule has 1 aliphatic rings. The van der Waals surface area contributed by atoms with Gasteiger partial charge in [-0.1, -0.05) is 12.8 Å². The summed E-state index contributed by atoms with van der Waals surface area (Å²) >= 11 is 0. The van der Waals surface area contributed by atoms with E-state index in [4.69, 9.17) is 5.11 Å². The summed E-state index contributed by atoms with van der Waals surface area (Å²) in [6.07, 6.45) is 4.29. The van der Waals surface area contributed by atoms with Crippen LogP contribution in [-0.2, 0) is 9.59 Å². The molecule has 1 unspecified atom stereocenters. The molecule has 5 heteroatoms. The number of nitrogens with zero attached hydrogens (tertiary/aromatic N) is 1. The number of aliphatic hydroxyl groups is 1. The maximum Gasteiger partial charge on any atom is 0.337 e. The van der Waals surface area contributed by atoms with Crippen LogP contribution < -0.4 is 0 Å². The zero-order chi connectivity index (χ0) is 12.2. The summed E-state index contributed by atoms with van der Waals surface area (Å²) in [5.41, 5.74) is -1.85. The van der Waals surface area contributed by atoms with Gasteiger partial charge in [-0.15, -0.1) is 0 Å². The fourth-order valence-corrected chi connectivity index (χ4v) is 1.82. The van der Waals surface area contributed by atoms with E-state index in [1.165, 1.54) is 11.8 Å². The van der Waals surface area contributed by atoms with E-state index in [-0.39, 0.29) is 12.5 Å². The van der Waals surface area contributed by atoms with Crippen LogP contribution in [0.25, 0.3) is 0 Å². The van der Waals surface area contributed by atoms with E-state index in [1.54, 1.807) is 0 Å². The van der Waals surface area contributed by atoms with Gasteiger partial charge in [0.2, 0.25) is 5.91 Å². The summed E-state index contributed by atoms with van der Waals surface area (Å²) in [5, 5.41) is 18.4. The minimum Gasteiger partial charge on any atom is -0.479 e. The van der Waals surface area contributed by atoms with Crippen molar-refractivity contribution in [1.82, 2.24) is 4.90 Å². The van der Waals surface area contributed by atoms with Crippen molar-refractivity contribution in [2.45, 2.75) is 44.6 Å². The highest BCUT2D eigenvalue weighted by Crippen LogP contribution is 2.15. The average molecular weight is 229 g/mol. The molecule has 0 bridgehead atoms. The maximum absolute atomic E-state index is 11.7. The number of carbonyl (C=O) groups is 2. The first-order valence-electron chi connectivity index (χ1n) is 5.67. The predicted molar refractivity (Wildman–Crippen MR) is 57.9 cm³/mol. The number of β-amino-alcohol motifs (C(OH)–C–C–N with tert-alkyl or cyclic N) is 1. The number of amides is 1. The van der Waals surface area contributed by atoms with E-state index in [0.29, 0.717) is 13.0 Å². The van der Waals surface area contributed by atoms with Crippen LogP contribution in [0, 0.1) is 0 Å². The Morgan fingerprint density at radius 3 is 2.62 bits per heavy atom. The molecule has 0 radical (unpaired) electrons. The number of rotatable bonds is 3. The fourth-order valence-electron chi connectivity index (χ4n) is 1.82. The molecule has 92 valence electrons. The lowest BCUT2D eigenvalue weighted by Gasteiger charge is -2.30. The first-order chi connectivity index (χ1) is 7.43. The fraction of sp³-hybridized carbons (Fsp3) is 0.818. The molecule has 0 saturated carbocycles. The molecular weight excluding hydrogens is 210 g/mol. The Balaban J connectivity index is 2.62. The molecule has 0 aromatic rings. The maximum atomic E-state index is 11.7. The monoisotopic (exact) mass is 229 g/mol. The van der Waals surface area contributed by atoms with Gasteiger partial charge in [-0.05, 0) is 19.8 Å². The van der Waals surface area contributed by atoms with Gasteiger partial charge in [-0.25, -0.2) is 4.79 Å². The highest BCUT2D eigenvalue weighted by atomic mass is 16.4. The van der Waals surface area contributed by atoms with E-state index in [2.05, 4.69) is 0 Å². The minimum absolute atomic E-state index is 0.0544. The van der Waals surface area contributed by atoms with Crippen LogP contribution in [-0.4, -0.2) is 45.7 Å². The number of likely N-dealkylation sites (tertiary alicyclic amines) is 1. The Kier molecular flexibility index (Phi) is 4.29. The Morgan fingerprint density at radius 2 is 2.00 bits per heavy atom. The van der Waals surface area contributed by atoms with Gasteiger partial charge in [0, 0.05) is 13.0 Å². The molecule has 1 heterocycles. The molecule has 5 nitrogen and oxygen atoms in total. The van der Waals surface area contributed by atoms with Crippen LogP contribution in [0.15, 0.2) is 0 Å². The number of carboxylic acid groups (broad SMARTS) is 1. The van der Waals surface area contributed by atoms with Gasteiger partial charge in [0.1, 0.15) is 0 Å². The second-order valence-corrected chi connectivity index (χ2v) is 4.56. The first kappa shape index (κ1) is 13.0. The molecule has 0 spiro atoms. The van der Waals surface area contributed by atoms with Crippen molar-refractivity contribution in [2.24, 2.45) is 0 Å². The molecule has 0 aliphatic carbocycles. The molecule has 0 aromatic carbocycles. The van der Waals surface area contributed by atoms with Crippen molar-refractivity contribution in [2.75, 3.05) is 13.1 Å². The van der Waals surface area contributed by atoms with Crippen molar-refractivity contribution in [1.29, 1.82) is 0 Å². The summed E-state index contributed by atoms with van der Waals surface area (Å²) in [6.45, 7) is 1.64. The molecule has 1 fully saturated rings. The van der Waals surface area contributed by atoms with E-state index < -0.39 is 11.6 Å². The third kappa shape index (κ3) is 3.48. The Hall–Kier alpha value is -1.10. The van der Waals surface area contributed by atoms with Crippen molar-refractivity contribution < 1.29 is 19.8 Å². The van der Waals surface area contributed by atoms with E-state index in [1.807, 2.05) is 0 Å². The number of carboxylic acids is 1. The van der Waals surface area contributed by atoms with Crippen LogP contribution in [0.4, 0.5) is 0 Å². The predicted octanol–water partition coefficient (Wildman–Crippen LogP) is 0.615. The van der Waals surface area contributed by atoms with Crippen molar-refractivity contribution >= 4 is 11.9 Å². The number of hydrogen-bond acceptors (Lipinski definition) is 3. The van der Waals surface area contributed by atoms with Gasteiger partial charge in [0.15, 0.2) is 5.60 Å². The average Bonchev–Trinajstić information content (AvgIpc) is 2.17. The van der Waals surface area contributed by atoms with Crippen LogP contribution in [0.5, 0.6) is 0 Å². The normalized spacial score (nSPS) is 22.1. The molecule has 1 atom stereocenters. The topological polar surface area (TPSA) is 77.8 Å². The largest absolute Gasteiger partial charge is 0.479 e. The van der Waals surface area contributed by atoms with Gasteiger partial charge < -0.3 is 15.1 Å². The van der Waals surface area contributed by atoms with E-state index in [9.17, 15) is 14.7 Å². The number of aliphatic carboxylic acids is 1. The Morgan fingerprint density at radius 1 is 1.38 bits per heavy atom. The summed E-state index contributed by atoms with van der Waals surface area (Å²) < 4.78 is 0. The Bertz CT molecular complexity index is 275. The van der Waals surface area contributed by atoms with Gasteiger partial charge >= 0.3 is 5.97 Å². The second-order valence-electron chi connectivity index (χ2n) is 4.56. The molecule has 1 saturated heterocycles.